The zero-order chi connectivity index (χ0) is 11.3. The largest absolute Gasteiger partial charge is 0.330 e. The van der Waals surface area contributed by atoms with Crippen molar-refractivity contribution in [1.29, 1.82) is 0 Å². The predicted molar refractivity (Wildman–Crippen MR) is 58.0 cm³/mol. The van der Waals surface area contributed by atoms with Gasteiger partial charge in [-0.2, -0.15) is 0 Å². The summed E-state index contributed by atoms with van der Waals surface area (Å²) in [6.07, 6.45) is 3.87. The summed E-state index contributed by atoms with van der Waals surface area (Å²) in [5.74, 6) is 0.197. The molecule has 0 spiro atoms. The molecule has 0 bridgehead atoms. The van der Waals surface area contributed by atoms with Crippen LogP contribution in [0.2, 0.25) is 0 Å². The van der Waals surface area contributed by atoms with Crippen LogP contribution >= 0.6 is 0 Å². The Hall–Kier alpha value is -0.900. The van der Waals surface area contributed by atoms with Crippen molar-refractivity contribution >= 4 is 11.8 Å². The summed E-state index contributed by atoms with van der Waals surface area (Å²) in [7, 11) is 0. The Morgan fingerprint density at radius 3 is 2.33 bits per heavy atom. The highest BCUT2D eigenvalue weighted by atomic mass is 16.2. The van der Waals surface area contributed by atoms with E-state index in [2.05, 4.69) is 0 Å². The van der Waals surface area contributed by atoms with Crippen molar-refractivity contribution in [1.82, 2.24) is 4.90 Å². The molecule has 0 aromatic carbocycles. The topological polar surface area (TPSA) is 63.4 Å². The van der Waals surface area contributed by atoms with E-state index in [1.807, 2.05) is 6.92 Å². The first-order chi connectivity index (χ1) is 7.15. The molecule has 0 aromatic rings. The minimum atomic E-state index is -0.00787. The number of likely N-dealkylation sites (tertiary alicyclic amines) is 1. The third-order valence-electron chi connectivity index (χ3n) is 2.73. The molecule has 1 aliphatic heterocycles. The van der Waals surface area contributed by atoms with Crippen LogP contribution in [0.1, 0.15) is 39.0 Å². The van der Waals surface area contributed by atoms with Gasteiger partial charge in [0.05, 0.1) is 0 Å². The van der Waals surface area contributed by atoms with E-state index in [0.717, 1.165) is 19.3 Å². The molecule has 1 rings (SSSR count). The third kappa shape index (κ3) is 3.63. The molecule has 0 saturated carbocycles. The smallest absolute Gasteiger partial charge is 0.229 e. The van der Waals surface area contributed by atoms with E-state index in [1.54, 1.807) is 0 Å². The Labute approximate surface area is 90.8 Å². The summed E-state index contributed by atoms with van der Waals surface area (Å²) in [6.45, 7) is 3.20. The summed E-state index contributed by atoms with van der Waals surface area (Å²) in [5.41, 5.74) is 5.37. The molecule has 4 nitrogen and oxygen atoms in total. The van der Waals surface area contributed by atoms with E-state index in [1.165, 1.54) is 4.90 Å². The Kier molecular flexibility index (Phi) is 4.75. The molecule has 0 aromatic heterocycles. The Morgan fingerprint density at radius 1 is 1.20 bits per heavy atom. The van der Waals surface area contributed by atoms with Gasteiger partial charge in [-0.3, -0.25) is 14.5 Å². The highest BCUT2D eigenvalue weighted by molar-refractivity contribution is 5.97. The van der Waals surface area contributed by atoms with Gasteiger partial charge in [0.15, 0.2) is 0 Å². The molecule has 1 heterocycles. The first kappa shape index (κ1) is 12.2. The second kappa shape index (κ2) is 5.85. The number of amides is 2. The lowest BCUT2D eigenvalue weighted by atomic mass is 9.97. The van der Waals surface area contributed by atoms with Gasteiger partial charge in [-0.15, -0.1) is 0 Å². The third-order valence-corrected chi connectivity index (χ3v) is 2.73. The highest BCUT2D eigenvalue weighted by Gasteiger charge is 2.29. The molecular weight excluding hydrogens is 192 g/mol. The quantitative estimate of drug-likeness (QED) is 0.544. The number of nitrogens with two attached hydrogens (primary N) is 1. The van der Waals surface area contributed by atoms with E-state index in [-0.39, 0.29) is 17.7 Å². The second-order valence-corrected chi connectivity index (χ2v) is 4.30. The van der Waals surface area contributed by atoms with Crippen molar-refractivity contribution in [2.75, 3.05) is 13.1 Å². The molecule has 0 aliphatic carbocycles. The minimum Gasteiger partial charge on any atom is -0.330 e. The van der Waals surface area contributed by atoms with Crippen LogP contribution in [0.3, 0.4) is 0 Å². The fourth-order valence-electron chi connectivity index (χ4n) is 1.87. The number of carbonyl (C=O) groups excluding carboxylic acids is 2. The maximum atomic E-state index is 11.6. The fraction of sp³-hybridized carbons (Fsp3) is 0.818. The zero-order valence-corrected chi connectivity index (χ0v) is 9.37. The Morgan fingerprint density at radius 2 is 1.80 bits per heavy atom. The molecule has 2 amide bonds. The average molecular weight is 212 g/mol. The van der Waals surface area contributed by atoms with Gasteiger partial charge in [-0.05, 0) is 25.3 Å². The lowest BCUT2D eigenvalue weighted by Gasteiger charge is -2.28. The van der Waals surface area contributed by atoms with Crippen LogP contribution < -0.4 is 5.73 Å². The summed E-state index contributed by atoms with van der Waals surface area (Å²) in [4.78, 5) is 24.5. The van der Waals surface area contributed by atoms with Gasteiger partial charge in [0, 0.05) is 19.4 Å². The van der Waals surface area contributed by atoms with Gasteiger partial charge in [0.2, 0.25) is 11.8 Å². The van der Waals surface area contributed by atoms with Crippen molar-refractivity contribution < 1.29 is 9.59 Å². The summed E-state index contributed by atoms with van der Waals surface area (Å²) in [6, 6.07) is 0. The fourth-order valence-corrected chi connectivity index (χ4v) is 1.87. The number of nitrogens with zero attached hydrogens (tertiary/aromatic N) is 1. The zero-order valence-electron chi connectivity index (χ0n) is 9.37. The molecule has 4 heteroatoms. The summed E-state index contributed by atoms with van der Waals surface area (Å²) >= 11 is 0. The van der Waals surface area contributed by atoms with E-state index < -0.39 is 0 Å². The van der Waals surface area contributed by atoms with Crippen molar-refractivity contribution in [2.24, 2.45) is 11.7 Å². The lowest BCUT2D eigenvalue weighted by Crippen LogP contribution is -2.43. The SMILES string of the molecule is CC1CC(=O)N(CCCCCN)C(=O)C1. The van der Waals surface area contributed by atoms with Crippen molar-refractivity contribution in [3.05, 3.63) is 0 Å². The predicted octanol–water partition coefficient (Wildman–Crippen LogP) is 0.901. The molecule has 0 unspecified atom stereocenters. The molecule has 1 fully saturated rings. The van der Waals surface area contributed by atoms with Crippen molar-refractivity contribution in [2.45, 2.75) is 39.0 Å². The monoisotopic (exact) mass is 212 g/mol. The molecule has 0 atom stereocenters. The number of hydrogen-bond donors (Lipinski definition) is 1. The molecule has 15 heavy (non-hydrogen) atoms. The Balaban J connectivity index is 2.33. The van der Waals surface area contributed by atoms with Gasteiger partial charge in [0.25, 0.3) is 0 Å². The number of carbonyl (C=O) groups is 2. The first-order valence-corrected chi connectivity index (χ1v) is 5.68. The van der Waals surface area contributed by atoms with E-state index >= 15 is 0 Å². The van der Waals surface area contributed by atoms with Crippen LogP contribution in [0, 0.1) is 5.92 Å². The summed E-state index contributed by atoms with van der Waals surface area (Å²) < 4.78 is 0. The van der Waals surface area contributed by atoms with E-state index in [0.29, 0.717) is 25.9 Å². The normalized spacial score (nSPS) is 18.7. The highest BCUT2D eigenvalue weighted by Crippen LogP contribution is 2.19. The standard InChI is InChI=1S/C11H20N2O2/c1-9-7-10(14)13(11(15)8-9)6-4-2-3-5-12/h9H,2-8,12H2,1H3. The van der Waals surface area contributed by atoms with Crippen LogP contribution in [0.5, 0.6) is 0 Å². The van der Waals surface area contributed by atoms with Gasteiger partial charge in [0.1, 0.15) is 0 Å². The molecule has 1 aliphatic rings. The summed E-state index contributed by atoms with van der Waals surface area (Å²) in [5, 5.41) is 0. The second-order valence-electron chi connectivity index (χ2n) is 4.30. The van der Waals surface area contributed by atoms with Crippen molar-refractivity contribution in [3.63, 3.8) is 0 Å². The number of rotatable bonds is 5. The van der Waals surface area contributed by atoms with Crippen LogP contribution in [0.15, 0.2) is 0 Å². The molecule has 86 valence electrons. The number of piperidine rings is 1. The van der Waals surface area contributed by atoms with Crippen LogP contribution in [0.25, 0.3) is 0 Å². The Bertz CT molecular complexity index is 223. The van der Waals surface area contributed by atoms with Gasteiger partial charge < -0.3 is 5.73 Å². The average Bonchev–Trinajstić information content (AvgIpc) is 2.15. The van der Waals surface area contributed by atoms with E-state index in [9.17, 15) is 9.59 Å². The number of hydrogen-bond acceptors (Lipinski definition) is 3. The van der Waals surface area contributed by atoms with Crippen LogP contribution in [-0.2, 0) is 9.59 Å². The van der Waals surface area contributed by atoms with Gasteiger partial charge in [-0.1, -0.05) is 13.3 Å². The number of imide groups is 1. The van der Waals surface area contributed by atoms with E-state index in [4.69, 9.17) is 5.73 Å². The van der Waals surface area contributed by atoms with Gasteiger partial charge >= 0.3 is 0 Å². The maximum Gasteiger partial charge on any atom is 0.229 e. The minimum absolute atomic E-state index is 0.00787. The molecule has 0 radical (unpaired) electrons. The molecular formula is C11H20N2O2. The van der Waals surface area contributed by atoms with Crippen LogP contribution in [-0.4, -0.2) is 29.8 Å². The first-order valence-electron chi connectivity index (χ1n) is 5.68. The van der Waals surface area contributed by atoms with Crippen molar-refractivity contribution in [3.8, 4) is 0 Å². The van der Waals surface area contributed by atoms with Gasteiger partial charge in [-0.25, -0.2) is 0 Å². The van der Waals surface area contributed by atoms with Crippen LogP contribution in [0.4, 0.5) is 0 Å². The molecule has 2 N–H and O–H groups in total. The number of unbranched alkanes of at least 4 members (excludes halogenated alkanes) is 2. The molecule has 1 saturated heterocycles. The lowest BCUT2D eigenvalue weighted by molar-refractivity contribution is -0.149. The maximum absolute atomic E-state index is 11.6.